The molecule has 2 saturated carbocycles. The van der Waals surface area contributed by atoms with E-state index in [4.69, 9.17) is 4.74 Å². The van der Waals surface area contributed by atoms with Crippen LogP contribution in [0, 0.1) is 27.9 Å². The van der Waals surface area contributed by atoms with Gasteiger partial charge in [-0.2, -0.15) is 0 Å². The average molecular weight is 470 g/mol. The van der Waals surface area contributed by atoms with E-state index in [1.54, 1.807) is 0 Å². The minimum absolute atomic E-state index is 0.104. The van der Waals surface area contributed by atoms with E-state index in [0.29, 0.717) is 35.0 Å². The fourth-order valence-corrected chi connectivity index (χ4v) is 6.72. The zero-order valence-corrected chi connectivity index (χ0v) is 19.4. The largest absolute Gasteiger partial charge is 0.495 e. The van der Waals surface area contributed by atoms with E-state index in [0.717, 1.165) is 5.69 Å². The molecule has 2 N–H and O–H groups in total. The van der Waals surface area contributed by atoms with Gasteiger partial charge in [0.1, 0.15) is 5.75 Å². The molecule has 0 aromatic heterocycles. The predicted molar refractivity (Wildman–Crippen MR) is 134 cm³/mol. The van der Waals surface area contributed by atoms with Gasteiger partial charge in [0.15, 0.2) is 0 Å². The number of benzene rings is 3. The molecular formula is C28H27N3O4. The van der Waals surface area contributed by atoms with Gasteiger partial charge in [0.2, 0.25) is 0 Å². The number of nitrogens with zero attached hydrogens (tertiary/aromatic N) is 1. The summed E-state index contributed by atoms with van der Waals surface area (Å²) in [5.74, 6) is 2.35. The number of methoxy groups -OCH3 is 1. The number of anilines is 2. The van der Waals surface area contributed by atoms with E-state index in [1.807, 2.05) is 18.2 Å². The van der Waals surface area contributed by atoms with Crippen molar-refractivity contribution in [1.29, 1.82) is 0 Å². The summed E-state index contributed by atoms with van der Waals surface area (Å²) in [5, 5.41) is 17.8. The van der Waals surface area contributed by atoms with Crippen LogP contribution < -0.4 is 15.4 Å². The van der Waals surface area contributed by atoms with Crippen LogP contribution in [0.5, 0.6) is 5.75 Å². The normalized spacial score (nSPS) is 25.8. The number of carbonyl (C=O) groups excluding carboxylic acids is 1. The highest BCUT2D eigenvalue weighted by atomic mass is 16.6. The Hall–Kier alpha value is -3.87. The Balaban J connectivity index is 1.33. The lowest BCUT2D eigenvalue weighted by atomic mass is 9.68. The maximum atomic E-state index is 13.2. The Morgan fingerprint density at radius 1 is 1.06 bits per heavy atom. The van der Waals surface area contributed by atoms with Gasteiger partial charge in [-0.25, -0.2) is 0 Å². The molecule has 0 saturated heterocycles. The lowest BCUT2D eigenvalue weighted by Crippen LogP contribution is -2.35. The number of carbonyl (C=O) groups is 1. The Morgan fingerprint density at radius 2 is 1.86 bits per heavy atom. The quantitative estimate of drug-likeness (QED) is 0.345. The summed E-state index contributed by atoms with van der Waals surface area (Å²) in [6.07, 6.45) is 3.77. The first-order valence-corrected chi connectivity index (χ1v) is 12.1. The first kappa shape index (κ1) is 21.6. The summed E-state index contributed by atoms with van der Waals surface area (Å²) in [4.78, 5) is 24.0. The SMILES string of the molecule is COc1ccc([N+](=O)[O-])cc1NC(=O)c1ccc2c(c1)[C@H]1[C@@H]3CC[C@@H](C3)[C@@H]1[C@H](c1ccccc1)N2. The first-order valence-electron chi connectivity index (χ1n) is 12.1. The number of rotatable bonds is 5. The van der Waals surface area contributed by atoms with Gasteiger partial charge < -0.3 is 15.4 Å². The molecule has 1 aliphatic heterocycles. The Morgan fingerprint density at radius 3 is 2.63 bits per heavy atom. The molecule has 3 aromatic carbocycles. The van der Waals surface area contributed by atoms with Crippen molar-refractivity contribution in [2.75, 3.05) is 17.7 Å². The molecule has 0 radical (unpaired) electrons. The van der Waals surface area contributed by atoms with Crippen molar-refractivity contribution in [1.82, 2.24) is 0 Å². The lowest BCUT2D eigenvalue weighted by Gasteiger charge is -2.43. The molecule has 7 nitrogen and oxygen atoms in total. The molecule has 5 atom stereocenters. The summed E-state index contributed by atoms with van der Waals surface area (Å²) in [5.41, 5.74) is 4.35. The van der Waals surface area contributed by atoms with E-state index in [-0.39, 0.29) is 23.3 Å². The molecule has 178 valence electrons. The second-order valence-electron chi connectivity index (χ2n) is 9.87. The molecule has 3 aromatic rings. The summed E-state index contributed by atoms with van der Waals surface area (Å²) in [6.45, 7) is 0. The summed E-state index contributed by atoms with van der Waals surface area (Å²) < 4.78 is 5.30. The summed E-state index contributed by atoms with van der Waals surface area (Å²) in [6, 6.07) is 21.0. The number of nitro groups is 1. The number of ether oxygens (including phenoxy) is 1. The Kier molecular flexibility index (Phi) is 5.20. The second kappa shape index (κ2) is 8.41. The van der Waals surface area contributed by atoms with Crippen molar-refractivity contribution in [3.05, 3.63) is 93.5 Å². The van der Waals surface area contributed by atoms with Crippen LogP contribution >= 0.6 is 0 Å². The molecule has 6 rings (SSSR count). The molecule has 7 heteroatoms. The number of fused-ring (bicyclic) bond motifs is 7. The lowest BCUT2D eigenvalue weighted by molar-refractivity contribution is -0.384. The number of nitro benzene ring substituents is 1. The van der Waals surface area contributed by atoms with Gasteiger partial charge in [0, 0.05) is 23.4 Å². The van der Waals surface area contributed by atoms with Gasteiger partial charge in [0.05, 0.1) is 23.8 Å². The highest BCUT2D eigenvalue weighted by molar-refractivity contribution is 6.05. The van der Waals surface area contributed by atoms with Crippen LogP contribution in [0.25, 0.3) is 0 Å². The molecule has 3 aliphatic rings. The van der Waals surface area contributed by atoms with Crippen LogP contribution in [0.4, 0.5) is 17.1 Å². The molecule has 1 heterocycles. The van der Waals surface area contributed by atoms with Gasteiger partial charge in [-0.1, -0.05) is 30.3 Å². The highest BCUT2D eigenvalue weighted by Crippen LogP contribution is 2.63. The number of hydrogen-bond acceptors (Lipinski definition) is 5. The van der Waals surface area contributed by atoms with Gasteiger partial charge >= 0.3 is 0 Å². The van der Waals surface area contributed by atoms with E-state index >= 15 is 0 Å². The van der Waals surface area contributed by atoms with Crippen LogP contribution in [-0.4, -0.2) is 17.9 Å². The third kappa shape index (κ3) is 3.62. The maximum absolute atomic E-state index is 13.2. The fraction of sp³-hybridized carbons (Fsp3) is 0.321. The third-order valence-electron chi connectivity index (χ3n) is 8.15. The molecule has 1 amide bonds. The molecule has 0 spiro atoms. The van der Waals surface area contributed by atoms with Crippen LogP contribution in [0.1, 0.15) is 52.7 Å². The monoisotopic (exact) mass is 469 g/mol. The van der Waals surface area contributed by atoms with Crippen LogP contribution in [0.3, 0.4) is 0 Å². The predicted octanol–water partition coefficient (Wildman–Crippen LogP) is 6.15. The molecule has 35 heavy (non-hydrogen) atoms. The van der Waals surface area contributed by atoms with E-state index in [2.05, 4.69) is 41.0 Å². The molecular weight excluding hydrogens is 442 g/mol. The van der Waals surface area contributed by atoms with Gasteiger partial charge in [-0.3, -0.25) is 14.9 Å². The van der Waals surface area contributed by atoms with Crippen molar-refractivity contribution in [2.24, 2.45) is 17.8 Å². The maximum Gasteiger partial charge on any atom is 0.271 e. The van der Waals surface area contributed by atoms with E-state index < -0.39 is 4.92 Å². The van der Waals surface area contributed by atoms with E-state index in [9.17, 15) is 14.9 Å². The van der Waals surface area contributed by atoms with Gasteiger partial charge in [0.25, 0.3) is 11.6 Å². The first-order chi connectivity index (χ1) is 17.0. The molecule has 2 bridgehead atoms. The van der Waals surface area contributed by atoms with Crippen LogP contribution in [0.2, 0.25) is 0 Å². The smallest absolute Gasteiger partial charge is 0.271 e. The number of hydrogen-bond donors (Lipinski definition) is 2. The average Bonchev–Trinajstić information content (AvgIpc) is 3.51. The Bertz CT molecular complexity index is 1310. The zero-order chi connectivity index (χ0) is 24.1. The molecule has 0 unspecified atom stereocenters. The third-order valence-corrected chi connectivity index (χ3v) is 8.15. The van der Waals surface area contributed by atoms with Crippen molar-refractivity contribution in [3.63, 3.8) is 0 Å². The standard InChI is InChI=1S/C28H27N3O4/c1-35-24-12-10-20(31(33)34)15-23(24)30-28(32)19-9-11-22-21(14-19)25-17-7-8-18(13-17)26(25)27(29-22)16-5-3-2-4-6-16/h2-6,9-12,14-15,17-18,25-27,29H,7-8,13H2,1H3,(H,30,32)/t17-,18+,25-,26+,27+/m1/s1. The van der Waals surface area contributed by atoms with E-state index in [1.165, 1.54) is 55.7 Å². The van der Waals surface area contributed by atoms with Crippen LogP contribution in [0.15, 0.2) is 66.7 Å². The minimum atomic E-state index is -0.488. The van der Waals surface area contributed by atoms with Crippen molar-refractivity contribution in [3.8, 4) is 5.75 Å². The zero-order valence-electron chi connectivity index (χ0n) is 19.4. The Labute approximate surface area is 203 Å². The summed E-state index contributed by atoms with van der Waals surface area (Å²) in [7, 11) is 1.47. The summed E-state index contributed by atoms with van der Waals surface area (Å²) >= 11 is 0. The second-order valence-corrected chi connectivity index (χ2v) is 9.87. The van der Waals surface area contributed by atoms with Crippen molar-refractivity contribution >= 4 is 23.0 Å². The highest BCUT2D eigenvalue weighted by Gasteiger charge is 2.53. The van der Waals surface area contributed by atoms with Crippen molar-refractivity contribution < 1.29 is 14.5 Å². The van der Waals surface area contributed by atoms with Gasteiger partial charge in [-0.05, 0) is 78.3 Å². The molecule has 2 fully saturated rings. The number of amides is 1. The minimum Gasteiger partial charge on any atom is -0.495 e. The number of nitrogens with one attached hydrogen (secondary N) is 2. The van der Waals surface area contributed by atoms with Crippen molar-refractivity contribution in [2.45, 2.75) is 31.2 Å². The van der Waals surface area contributed by atoms with Gasteiger partial charge in [-0.15, -0.1) is 0 Å². The fourth-order valence-electron chi connectivity index (χ4n) is 6.72. The molecule has 2 aliphatic carbocycles. The topological polar surface area (TPSA) is 93.5 Å². The van der Waals surface area contributed by atoms with Crippen LogP contribution in [-0.2, 0) is 0 Å². The number of non-ortho nitro benzene ring substituents is 1.